The molecule has 0 bridgehead atoms. The third-order valence-electron chi connectivity index (χ3n) is 0. The average Bonchev–Trinajstić information content (AvgIpc) is 1.46. The van der Waals surface area contributed by atoms with Crippen molar-refractivity contribution in [1.29, 1.82) is 5.26 Å². The van der Waals surface area contributed by atoms with E-state index in [9.17, 15) is 0 Å². The van der Waals surface area contributed by atoms with Crippen LogP contribution in [0.1, 0.15) is 0 Å². The van der Waals surface area contributed by atoms with Gasteiger partial charge in [0.2, 0.25) is 0 Å². The average molecular weight is 146 g/mol. The first-order valence-electron chi connectivity index (χ1n) is 0.582. The van der Waals surface area contributed by atoms with Crippen LogP contribution < -0.4 is 0 Å². The monoisotopic (exact) mass is 145 g/mol. The fourth-order valence-corrected chi connectivity index (χ4v) is 0. The van der Waals surface area contributed by atoms with Crippen LogP contribution in [0.2, 0.25) is 0 Å². The van der Waals surface area contributed by atoms with E-state index in [2.05, 4.69) is 38.0 Å². The second-order valence-corrected chi connectivity index (χ2v) is 0.274. The molecule has 0 aromatic carbocycles. The van der Waals surface area contributed by atoms with Crippen molar-refractivity contribution in [2.45, 2.75) is 0 Å². The van der Waals surface area contributed by atoms with Crippen LogP contribution in [0.25, 0.3) is 0 Å². The molecule has 0 radical (unpaired) electrons. The van der Waals surface area contributed by atoms with Crippen LogP contribution in [-0.4, -0.2) is 0 Å². The Labute approximate surface area is 49.0 Å². The van der Waals surface area contributed by atoms with Crippen LogP contribution in [0.3, 0.4) is 0 Å². The van der Waals surface area contributed by atoms with Gasteiger partial charge in [0.25, 0.3) is 0 Å². The third-order valence-corrected chi connectivity index (χ3v) is 0. The van der Waals surface area contributed by atoms with Crippen LogP contribution in [0.4, 0.5) is 0 Å². The summed E-state index contributed by atoms with van der Waals surface area (Å²) in [7, 11) is 4.51. The summed E-state index contributed by atoms with van der Waals surface area (Å²) in [5.74, 6) is 0. The molecule has 0 fully saturated rings. The van der Waals surface area contributed by atoms with E-state index in [4.69, 9.17) is 5.26 Å². The van der Waals surface area contributed by atoms with Crippen molar-refractivity contribution in [3.63, 3.8) is 0 Å². The van der Waals surface area contributed by atoms with Crippen LogP contribution >= 0.6 is 10.0 Å². The number of thiocyanates is 1. The van der Waals surface area contributed by atoms with Gasteiger partial charge in [0.15, 0.2) is 0 Å². The molecule has 0 unspecified atom stereocenters. The van der Waals surface area contributed by atoms with Crippen LogP contribution in [-0.2, 0) is 28.0 Å². The molecule has 0 atom stereocenters. The van der Waals surface area contributed by atoms with Gasteiger partial charge in [-0.1, -0.05) is 5.40 Å². The maximum absolute atomic E-state index is 7.13. The van der Waals surface area contributed by atoms with Crippen molar-refractivity contribution in [1.82, 2.24) is 0 Å². The molecule has 0 aromatic rings. The van der Waals surface area contributed by atoms with E-state index in [1.807, 2.05) is 0 Å². The molecular formula is CClCrNS+. The second-order valence-electron chi connectivity index (χ2n) is 0.0913. The number of hydrogen-bond acceptors (Lipinski definition) is 2. The quantitative estimate of drug-likeness (QED) is 0.370. The van der Waals surface area contributed by atoms with E-state index in [0.29, 0.717) is 0 Å². The van der Waals surface area contributed by atoms with Gasteiger partial charge in [-0.2, -0.15) is 0 Å². The van der Waals surface area contributed by atoms with E-state index in [1.165, 1.54) is 5.40 Å². The first kappa shape index (κ1) is 9.11. The molecule has 5 heavy (non-hydrogen) atoms. The molecule has 0 amide bonds. The summed E-state index contributed by atoms with van der Waals surface area (Å²) in [6, 6.07) is 0. The van der Waals surface area contributed by atoms with Crippen molar-refractivity contribution < 1.29 is 15.4 Å². The van der Waals surface area contributed by atoms with Gasteiger partial charge >= 0.3 is 25.4 Å². The molecule has 0 saturated heterocycles. The van der Waals surface area contributed by atoms with Crippen molar-refractivity contribution in [2.75, 3.05) is 0 Å². The predicted octanol–water partition coefficient (Wildman–Crippen LogP) is 0.701. The van der Waals surface area contributed by atoms with Crippen LogP contribution in [0, 0.1) is 10.7 Å². The van der Waals surface area contributed by atoms with Gasteiger partial charge in [0.1, 0.15) is 0 Å². The Balaban J connectivity index is 0. The summed E-state index contributed by atoms with van der Waals surface area (Å²) in [6.07, 6.45) is 0. The zero-order valence-electron chi connectivity index (χ0n) is 2.14. The second kappa shape index (κ2) is 24.1. The first-order valence-corrected chi connectivity index (χ1v) is 2.74. The SMILES string of the molecule is N#C[S-].[Cl][Cr+2]. The molecule has 0 aliphatic rings. The van der Waals surface area contributed by atoms with Gasteiger partial charge in [-0.3, -0.25) is 0 Å². The maximum atomic E-state index is 7.13. The molecule has 0 spiro atoms. The Hall–Kier alpha value is 0.532. The molecule has 0 N–H and O–H groups in total. The zero-order valence-corrected chi connectivity index (χ0v) is 4.99. The van der Waals surface area contributed by atoms with E-state index < -0.39 is 0 Å². The van der Waals surface area contributed by atoms with Gasteiger partial charge in [-0.05, 0) is 0 Å². The Morgan fingerprint density at radius 3 is 1.80 bits per heavy atom. The number of nitriles is 1. The van der Waals surface area contributed by atoms with Gasteiger partial charge in [0, 0.05) is 0 Å². The molecule has 0 aliphatic heterocycles. The Morgan fingerprint density at radius 1 is 1.80 bits per heavy atom. The first-order chi connectivity index (χ1) is 2.41. The summed E-state index contributed by atoms with van der Waals surface area (Å²) < 4.78 is 0. The summed E-state index contributed by atoms with van der Waals surface area (Å²) in [5, 5.41) is 8.47. The van der Waals surface area contributed by atoms with E-state index in [-0.39, 0.29) is 0 Å². The Morgan fingerprint density at radius 2 is 1.80 bits per heavy atom. The van der Waals surface area contributed by atoms with Crippen molar-refractivity contribution in [2.24, 2.45) is 0 Å². The molecule has 0 aromatic heterocycles. The number of halogens is 1. The molecule has 0 rings (SSSR count). The third kappa shape index (κ3) is 103. The topological polar surface area (TPSA) is 23.8 Å². The minimum absolute atomic E-state index is 1.33. The van der Waals surface area contributed by atoms with E-state index in [1.54, 1.807) is 0 Å². The molecular weight excluding hydrogens is 146 g/mol. The fourth-order valence-electron chi connectivity index (χ4n) is 0. The van der Waals surface area contributed by atoms with Gasteiger partial charge in [0.05, 0.1) is 0 Å². The molecule has 1 nitrogen and oxygen atoms in total. The molecule has 4 heteroatoms. The van der Waals surface area contributed by atoms with Crippen molar-refractivity contribution in [3.8, 4) is 5.40 Å². The van der Waals surface area contributed by atoms with Crippen molar-refractivity contribution in [3.05, 3.63) is 0 Å². The normalized spacial score (nSPS) is 2.20. The van der Waals surface area contributed by atoms with Gasteiger partial charge in [-0.25, -0.2) is 5.26 Å². The standard InChI is InChI=1S/CHNS.ClH.Cr/c2-1-3;;/h3H;1H;/q;;+3/p-2. The van der Waals surface area contributed by atoms with E-state index in [0.717, 1.165) is 0 Å². The molecule has 0 aliphatic carbocycles. The van der Waals surface area contributed by atoms with Crippen molar-refractivity contribution >= 4 is 22.7 Å². The minimum atomic E-state index is 1.33. The molecule has 0 saturated carbocycles. The Kier molecular flexibility index (Phi) is 43.9. The summed E-state index contributed by atoms with van der Waals surface area (Å²) in [4.78, 5) is 0. The molecule has 0 heterocycles. The van der Waals surface area contributed by atoms with Gasteiger partial charge < -0.3 is 12.6 Å². The number of nitrogens with zero attached hydrogens (tertiary/aromatic N) is 1. The van der Waals surface area contributed by atoms with Gasteiger partial charge in [-0.15, -0.1) is 0 Å². The molecule has 27 valence electrons. The predicted molar refractivity (Wildman–Crippen MR) is 18.8 cm³/mol. The summed E-state index contributed by atoms with van der Waals surface area (Å²) >= 11 is 5.80. The van der Waals surface area contributed by atoms with Crippen LogP contribution in [0.15, 0.2) is 0 Å². The number of hydrogen-bond donors (Lipinski definition) is 0. The Bertz CT molecular complexity index is 33.1. The van der Waals surface area contributed by atoms with Crippen LogP contribution in [0.5, 0.6) is 0 Å². The zero-order chi connectivity index (χ0) is 4.71. The van der Waals surface area contributed by atoms with E-state index >= 15 is 0 Å². The summed E-state index contributed by atoms with van der Waals surface area (Å²) in [5.41, 5.74) is 0. The fraction of sp³-hybridized carbons (Fsp3) is 0. The summed E-state index contributed by atoms with van der Waals surface area (Å²) in [6.45, 7) is 0. The number of rotatable bonds is 0.